The molecule has 0 saturated carbocycles. The number of ether oxygens (including phenoxy) is 1. The second-order valence-corrected chi connectivity index (χ2v) is 3.19. The summed E-state index contributed by atoms with van der Waals surface area (Å²) in [6.07, 6.45) is 4.89. The quantitative estimate of drug-likeness (QED) is 0.245. The maximum absolute atomic E-state index is 5.53. The molecule has 1 fully saturated rings. The van der Waals surface area contributed by atoms with Gasteiger partial charge in [0.25, 0.3) is 0 Å². The number of hydrogen-bond acceptors (Lipinski definition) is 3. The van der Waals surface area contributed by atoms with Crippen LogP contribution in [0.15, 0.2) is 4.99 Å². The lowest BCUT2D eigenvalue weighted by Crippen LogP contribution is -2.37. The van der Waals surface area contributed by atoms with Crippen molar-refractivity contribution in [3.05, 3.63) is 0 Å². The highest BCUT2D eigenvalue weighted by molar-refractivity contribution is 5.77. The molecule has 1 unspecified atom stereocenters. The molecule has 1 rings (SSSR count). The van der Waals surface area contributed by atoms with Crippen LogP contribution in [0.25, 0.3) is 0 Å². The Hall–Kier alpha value is -0.810. The van der Waals surface area contributed by atoms with E-state index in [-0.39, 0.29) is 5.96 Å². The summed E-state index contributed by atoms with van der Waals surface area (Å²) in [5.74, 6) is 5.34. The minimum absolute atomic E-state index is 0.288. The van der Waals surface area contributed by atoms with Gasteiger partial charge >= 0.3 is 0 Å². The zero-order valence-electron chi connectivity index (χ0n) is 7.83. The van der Waals surface area contributed by atoms with Crippen molar-refractivity contribution in [2.24, 2.45) is 16.6 Å². The van der Waals surface area contributed by atoms with Crippen molar-refractivity contribution in [1.29, 1.82) is 0 Å². The predicted octanol–water partition coefficient (Wildman–Crippen LogP) is -0.276. The van der Waals surface area contributed by atoms with Gasteiger partial charge < -0.3 is 10.5 Å². The maximum atomic E-state index is 5.53. The molecule has 0 aromatic heterocycles. The van der Waals surface area contributed by atoms with Crippen molar-refractivity contribution >= 4 is 5.96 Å². The lowest BCUT2D eigenvalue weighted by atomic mass is 10.1. The van der Waals surface area contributed by atoms with E-state index in [9.17, 15) is 0 Å². The van der Waals surface area contributed by atoms with E-state index in [1.807, 2.05) is 0 Å². The van der Waals surface area contributed by atoms with Crippen LogP contribution in [0.1, 0.15) is 25.7 Å². The molecule has 1 atom stereocenters. The van der Waals surface area contributed by atoms with Gasteiger partial charge in [0.2, 0.25) is 5.96 Å². The van der Waals surface area contributed by atoms with Gasteiger partial charge in [0.05, 0.1) is 6.10 Å². The van der Waals surface area contributed by atoms with Crippen LogP contribution < -0.4 is 17.0 Å². The first kappa shape index (κ1) is 10.3. The summed E-state index contributed by atoms with van der Waals surface area (Å²) in [4.78, 5) is 4.02. The first-order valence-corrected chi connectivity index (χ1v) is 4.71. The zero-order valence-corrected chi connectivity index (χ0v) is 7.83. The minimum Gasteiger partial charge on any atom is -0.378 e. The van der Waals surface area contributed by atoms with Crippen LogP contribution in [0.5, 0.6) is 0 Å². The molecular weight excluding hydrogens is 168 g/mol. The molecule has 76 valence electrons. The minimum atomic E-state index is 0.288. The third-order valence-corrected chi connectivity index (χ3v) is 2.16. The van der Waals surface area contributed by atoms with Crippen molar-refractivity contribution in [1.82, 2.24) is 5.43 Å². The molecule has 0 bridgehead atoms. The van der Waals surface area contributed by atoms with Crippen molar-refractivity contribution in [3.63, 3.8) is 0 Å². The fourth-order valence-corrected chi connectivity index (χ4v) is 1.41. The molecule has 1 heterocycles. The average molecular weight is 186 g/mol. The number of nitrogens with two attached hydrogens (primary N) is 2. The number of aliphatic imine (C=N–C) groups is 1. The van der Waals surface area contributed by atoms with Crippen LogP contribution >= 0.6 is 0 Å². The number of rotatable bonds is 3. The molecule has 1 aliphatic rings. The third-order valence-electron chi connectivity index (χ3n) is 2.16. The second kappa shape index (κ2) is 5.77. The van der Waals surface area contributed by atoms with Crippen LogP contribution in [-0.4, -0.2) is 25.2 Å². The van der Waals surface area contributed by atoms with Crippen LogP contribution in [-0.2, 0) is 4.74 Å². The maximum Gasteiger partial charge on any atom is 0.203 e. The molecule has 13 heavy (non-hydrogen) atoms. The summed E-state index contributed by atoms with van der Waals surface area (Å²) < 4.78 is 5.53. The third kappa shape index (κ3) is 4.10. The summed E-state index contributed by atoms with van der Waals surface area (Å²) in [6.45, 7) is 1.57. The van der Waals surface area contributed by atoms with Gasteiger partial charge in [0.15, 0.2) is 0 Å². The monoisotopic (exact) mass is 186 g/mol. The van der Waals surface area contributed by atoms with Crippen LogP contribution in [0.4, 0.5) is 0 Å². The van der Waals surface area contributed by atoms with Crippen molar-refractivity contribution in [2.45, 2.75) is 31.8 Å². The lowest BCUT2D eigenvalue weighted by Gasteiger charge is -2.21. The standard InChI is InChI=1S/C8H18N4O/c9-8(12-10)11-5-4-7-3-1-2-6-13-7/h7H,1-6,10H2,(H3,9,11,12). The van der Waals surface area contributed by atoms with Gasteiger partial charge in [-0.05, 0) is 25.7 Å². The number of hydrogen-bond donors (Lipinski definition) is 3. The van der Waals surface area contributed by atoms with Crippen molar-refractivity contribution in [2.75, 3.05) is 13.2 Å². The number of hydrazine groups is 1. The average Bonchev–Trinajstić information content (AvgIpc) is 2.19. The Balaban J connectivity index is 2.10. The second-order valence-electron chi connectivity index (χ2n) is 3.19. The Labute approximate surface area is 78.5 Å². The summed E-state index contributed by atoms with van der Waals surface area (Å²) in [5, 5.41) is 0. The van der Waals surface area contributed by atoms with Gasteiger partial charge in [-0.2, -0.15) is 0 Å². The molecule has 0 aliphatic carbocycles. The van der Waals surface area contributed by atoms with Crippen molar-refractivity contribution < 1.29 is 4.74 Å². The smallest absolute Gasteiger partial charge is 0.203 e. The van der Waals surface area contributed by atoms with E-state index in [0.717, 1.165) is 19.4 Å². The van der Waals surface area contributed by atoms with E-state index in [1.54, 1.807) is 0 Å². The van der Waals surface area contributed by atoms with Crippen LogP contribution in [0.2, 0.25) is 0 Å². The van der Waals surface area contributed by atoms with E-state index in [2.05, 4.69) is 10.4 Å². The number of nitrogens with zero attached hydrogens (tertiary/aromatic N) is 1. The van der Waals surface area contributed by atoms with Crippen LogP contribution in [0.3, 0.4) is 0 Å². The fourth-order valence-electron chi connectivity index (χ4n) is 1.41. The normalized spacial score (nSPS) is 24.4. The van der Waals surface area contributed by atoms with E-state index < -0.39 is 0 Å². The summed E-state index contributed by atoms with van der Waals surface area (Å²) in [5.41, 5.74) is 7.65. The van der Waals surface area contributed by atoms with Gasteiger partial charge in [0.1, 0.15) is 0 Å². The SMILES string of the molecule is NNC(N)=NCCC1CCCCO1. The Morgan fingerprint density at radius 1 is 1.54 bits per heavy atom. The van der Waals surface area contributed by atoms with Gasteiger partial charge in [-0.1, -0.05) is 0 Å². The van der Waals surface area contributed by atoms with Gasteiger partial charge in [-0.25, -0.2) is 5.84 Å². The van der Waals surface area contributed by atoms with Gasteiger partial charge in [-0.15, -0.1) is 0 Å². The molecule has 0 radical (unpaired) electrons. The Morgan fingerprint density at radius 3 is 3.00 bits per heavy atom. The predicted molar refractivity (Wildman–Crippen MR) is 52.0 cm³/mol. The Bertz CT molecular complexity index is 166. The van der Waals surface area contributed by atoms with Gasteiger partial charge in [0, 0.05) is 13.2 Å². The molecule has 0 spiro atoms. The summed E-state index contributed by atoms with van der Waals surface area (Å²) in [6, 6.07) is 0. The summed E-state index contributed by atoms with van der Waals surface area (Å²) >= 11 is 0. The van der Waals surface area contributed by atoms with Crippen molar-refractivity contribution in [3.8, 4) is 0 Å². The number of nitrogens with one attached hydrogen (secondary N) is 1. The molecule has 5 nitrogen and oxygen atoms in total. The molecule has 0 aromatic rings. The molecule has 0 aromatic carbocycles. The van der Waals surface area contributed by atoms with Gasteiger partial charge in [-0.3, -0.25) is 10.4 Å². The van der Waals surface area contributed by atoms with Crippen LogP contribution in [0, 0.1) is 0 Å². The topological polar surface area (TPSA) is 85.7 Å². The largest absolute Gasteiger partial charge is 0.378 e. The molecular formula is C8H18N4O. The van der Waals surface area contributed by atoms with E-state index in [1.165, 1.54) is 12.8 Å². The zero-order chi connectivity index (χ0) is 9.52. The molecule has 1 aliphatic heterocycles. The first-order chi connectivity index (χ1) is 6.33. The highest BCUT2D eigenvalue weighted by atomic mass is 16.5. The van der Waals surface area contributed by atoms with E-state index in [4.69, 9.17) is 16.3 Å². The number of guanidine groups is 1. The first-order valence-electron chi connectivity index (χ1n) is 4.71. The lowest BCUT2D eigenvalue weighted by molar-refractivity contribution is 0.0129. The molecule has 5 N–H and O–H groups in total. The molecule has 1 saturated heterocycles. The fraction of sp³-hybridized carbons (Fsp3) is 0.875. The Kier molecular flexibility index (Phi) is 4.56. The summed E-state index contributed by atoms with van der Waals surface area (Å²) in [7, 11) is 0. The van der Waals surface area contributed by atoms with E-state index >= 15 is 0 Å². The molecule has 5 heteroatoms. The van der Waals surface area contributed by atoms with E-state index in [0.29, 0.717) is 12.6 Å². The highest BCUT2D eigenvalue weighted by Crippen LogP contribution is 2.15. The molecule has 0 amide bonds. The Morgan fingerprint density at radius 2 is 2.38 bits per heavy atom. The highest BCUT2D eigenvalue weighted by Gasteiger charge is 2.12.